The summed E-state index contributed by atoms with van der Waals surface area (Å²) < 4.78 is 0. The number of benzene rings is 11. The summed E-state index contributed by atoms with van der Waals surface area (Å²) in [7, 11) is 0. The molecule has 2 heteroatoms. The minimum Gasteiger partial charge on any atom is -0.310 e. The van der Waals surface area contributed by atoms with Crippen molar-refractivity contribution in [2.24, 2.45) is 0 Å². The molecule has 0 saturated heterocycles. The molecule has 2 aliphatic rings. The third-order valence-electron chi connectivity index (χ3n) is 15.0. The Morgan fingerprint density at radius 3 is 1.26 bits per heavy atom. The number of rotatable bonds is 4. The summed E-state index contributed by atoms with van der Waals surface area (Å²) in [6, 6.07) is 81.8. The number of hydrogen-bond acceptors (Lipinski definition) is 2. The molecule has 314 valence electrons. The van der Waals surface area contributed by atoms with E-state index in [-0.39, 0.29) is 10.8 Å². The van der Waals surface area contributed by atoms with Crippen LogP contribution in [0.5, 0.6) is 0 Å². The summed E-state index contributed by atoms with van der Waals surface area (Å²) in [5.74, 6) is 0. The Bertz CT molecular complexity index is 3690. The van der Waals surface area contributed by atoms with Crippen LogP contribution in [0.25, 0.3) is 65.3 Å². The highest BCUT2D eigenvalue weighted by Gasteiger charge is 2.38. The molecule has 0 N–H and O–H groups in total. The van der Waals surface area contributed by atoms with E-state index in [4.69, 9.17) is 0 Å². The third-order valence-corrected chi connectivity index (χ3v) is 15.0. The number of anilines is 6. The number of para-hydroxylation sites is 4. The van der Waals surface area contributed by atoms with Crippen LogP contribution in [0.3, 0.4) is 0 Å². The summed E-state index contributed by atoms with van der Waals surface area (Å²) >= 11 is 0. The van der Waals surface area contributed by atoms with Gasteiger partial charge in [-0.15, -0.1) is 0 Å². The highest BCUT2D eigenvalue weighted by molar-refractivity contribution is 6.25. The smallest absolute Gasteiger partial charge is 0.0502 e. The van der Waals surface area contributed by atoms with E-state index in [9.17, 15) is 0 Å². The van der Waals surface area contributed by atoms with Crippen molar-refractivity contribution in [3.63, 3.8) is 0 Å². The van der Waals surface area contributed by atoms with Crippen LogP contribution in [0.2, 0.25) is 0 Å². The van der Waals surface area contributed by atoms with Gasteiger partial charge in [-0.1, -0.05) is 191 Å². The van der Waals surface area contributed by atoms with Crippen molar-refractivity contribution in [3.8, 4) is 22.3 Å². The molecule has 66 heavy (non-hydrogen) atoms. The summed E-state index contributed by atoms with van der Waals surface area (Å²) in [5, 5.41) is 9.83. The molecule has 0 saturated carbocycles. The van der Waals surface area contributed by atoms with Gasteiger partial charge in [-0.3, -0.25) is 0 Å². The van der Waals surface area contributed by atoms with Gasteiger partial charge in [0.2, 0.25) is 0 Å². The Morgan fingerprint density at radius 2 is 0.712 bits per heavy atom. The van der Waals surface area contributed by atoms with Crippen molar-refractivity contribution < 1.29 is 0 Å². The van der Waals surface area contributed by atoms with E-state index in [1.807, 2.05) is 0 Å². The Hall–Kier alpha value is -7.94. The zero-order valence-electron chi connectivity index (χ0n) is 37.7. The van der Waals surface area contributed by atoms with Crippen LogP contribution in [-0.4, -0.2) is 0 Å². The second-order valence-electron chi connectivity index (χ2n) is 19.3. The van der Waals surface area contributed by atoms with E-state index < -0.39 is 0 Å². The van der Waals surface area contributed by atoms with E-state index in [1.165, 1.54) is 110 Å². The molecule has 13 rings (SSSR count). The molecular weight excluding hydrogens is 797 g/mol. The van der Waals surface area contributed by atoms with Crippen molar-refractivity contribution in [1.82, 2.24) is 0 Å². The third kappa shape index (κ3) is 5.55. The molecular formula is C64H48N2. The summed E-state index contributed by atoms with van der Waals surface area (Å²) in [5.41, 5.74) is 17.1. The molecule has 11 aromatic rings. The van der Waals surface area contributed by atoms with Crippen LogP contribution in [-0.2, 0) is 10.8 Å². The average molecular weight is 845 g/mol. The quantitative estimate of drug-likeness (QED) is 0.163. The molecule has 2 heterocycles. The first kappa shape index (κ1) is 38.5. The molecule has 0 aliphatic carbocycles. The fourth-order valence-corrected chi connectivity index (χ4v) is 11.8. The summed E-state index contributed by atoms with van der Waals surface area (Å²) in [4.78, 5) is 5.00. The number of fused-ring (bicyclic) bond motifs is 8. The van der Waals surface area contributed by atoms with E-state index in [0.29, 0.717) is 0 Å². The lowest BCUT2D eigenvalue weighted by molar-refractivity contribution is 0.632. The number of hydrogen-bond donors (Lipinski definition) is 0. The molecule has 2 nitrogen and oxygen atoms in total. The van der Waals surface area contributed by atoms with Gasteiger partial charge < -0.3 is 9.80 Å². The van der Waals surface area contributed by atoms with Gasteiger partial charge in [0.15, 0.2) is 0 Å². The first-order valence-corrected chi connectivity index (χ1v) is 23.3. The van der Waals surface area contributed by atoms with Gasteiger partial charge in [-0.05, 0) is 142 Å². The zero-order valence-corrected chi connectivity index (χ0v) is 37.7. The van der Waals surface area contributed by atoms with Crippen molar-refractivity contribution in [2.45, 2.75) is 38.5 Å². The maximum atomic E-state index is 2.50. The Morgan fingerprint density at radius 1 is 0.288 bits per heavy atom. The Kier molecular flexibility index (Phi) is 8.33. The van der Waals surface area contributed by atoms with Gasteiger partial charge in [-0.25, -0.2) is 0 Å². The Labute approximate surface area is 386 Å². The minimum absolute atomic E-state index is 0.155. The maximum absolute atomic E-state index is 2.50. The van der Waals surface area contributed by atoms with E-state index >= 15 is 0 Å². The van der Waals surface area contributed by atoms with Crippen molar-refractivity contribution in [3.05, 3.63) is 241 Å². The van der Waals surface area contributed by atoms with Gasteiger partial charge in [-0.2, -0.15) is 0 Å². The standard InChI is InChI=1S/C64H48N2/c1-63(2)53-24-9-13-28-57(53)65(58-29-14-10-25-54(58)63)45-35-37-50-51(39-45)61(44-33-32-41-18-5-6-20-43(41)38-44)49-36-34-46(40-52(49)62(50)48-23-17-21-42-19-7-8-22-47(42)48)66-59-30-15-11-26-55(59)64(3,4)56-27-12-16-31-60(56)66/h5-40H,1-4H3. The normalized spacial score (nSPS) is 14.5. The SMILES string of the molecule is CC1(C)c2ccccc2N(c2ccc3c(-c4cccc5ccccc45)c4cc(N5c6ccccc6C(C)(C)c6ccccc65)ccc4c(-c4ccc5ccccc5c4)c3c2)c2ccccc21. The van der Waals surface area contributed by atoms with E-state index in [0.717, 1.165) is 11.4 Å². The molecule has 0 unspecified atom stereocenters. The predicted octanol–water partition coefficient (Wildman–Crippen LogP) is 17.9. The van der Waals surface area contributed by atoms with E-state index in [1.54, 1.807) is 0 Å². The fourth-order valence-electron chi connectivity index (χ4n) is 11.8. The van der Waals surface area contributed by atoms with Crippen LogP contribution in [0.4, 0.5) is 34.1 Å². The van der Waals surface area contributed by atoms with Gasteiger partial charge in [0.25, 0.3) is 0 Å². The highest BCUT2D eigenvalue weighted by Crippen LogP contribution is 2.56. The lowest BCUT2D eigenvalue weighted by atomic mass is 9.73. The second-order valence-corrected chi connectivity index (χ2v) is 19.3. The Balaban J connectivity index is 1.16. The van der Waals surface area contributed by atoms with Crippen molar-refractivity contribution >= 4 is 77.2 Å². The average Bonchev–Trinajstić information content (AvgIpc) is 3.35. The number of nitrogens with zero attached hydrogens (tertiary/aromatic N) is 2. The molecule has 11 aromatic carbocycles. The van der Waals surface area contributed by atoms with Gasteiger partial charge in [0.1, 0.15) is 0 Å². The van der Waals surface area contributed by atoms with Crippen LogP contribution in [0.1, 0.15) is 49.9 Å². The fraction of sp³-hybridized carbons (Fsp3) is 0.0938. The lowest BCUT2D eigenvalue weighted by Gasteiger charge is -2.42. The largest absolute Gasteiger partial charge is 0.310 e. The molecule has 0 amide bonds. The second kappa shape index (κ2) is 14.3. The topological polar surface area (TPSA) is 6.48 Å². The monoisotopic (exact) mass is 844 g/mol. The highest BCUT2D eigenvalue weighted by atomic mass is 15.2. The first-order chi connectivity index (χ1) is 32.3. The zero-order chi connectivity index (χ0) is 44.3. The van der Waals surface area contributed by atoms with Gasteiger partial charge in [0.05, 0.1) is 22.7 Å². The molecule has 0 atom stereocenters. The van der Waals surface area contributed by atoms with Crippen LogP contribution in [0, 0.1) is 0 Å². The summed E-state index contributed by atoms with van der Waals surface area (Å²) in [6.45, 7) is 9.44. The molecule has 0 radical (unpaired) electrons. The molecule has 0 fully saturated rings. The lowest BCUT2D eigenvalue weighted by Crippen LogP contribution is -2.30. The molecule has 2 aliphatic heterocycles. The van der Waals surface area contributed by atoms with Gasteiger partial charge in [0, 0.05) is 22.2 Å². The van der Waals surface area contributed by atoms with Crippen molar-refractivity contribution in [1.29, 1.82) is 0 Å². The first-order valence-electron chi connectivity index (χ1n) is 23.3. The van der Waals surface area contributed by atoms with Crippen LogP contribution >= 0.6 is 0 Å². The molecule has 0 aromatic heterocycles. The predicted molar refractivity (Wildman–Crippen MR) is 281 cm³/mol. The minimum atomic E-state index is -0.156. The van der Waals surface area contributed by atoms with Crippen molar-refractivity contribution in [2.75, 3.05) is 9.80 Å². The van der Waals surface area contributed by atoms with E-state index in [2.05, 4.69) is 256 Å². The van der Waals surface area contributed by atoms with Crippen LogP contribution in [0.15, 0.2) is 218 Å². The maximum Gasteiger partial charge on any atom is 0.0502 e. The molecule has 0 bridgehead atoms. The summed E-state index contributed by atoms with van der Waals surface area (Å²) in [6.07, 6.45) is 0. The molecule has 0 spiro atoms. The van der Waals surface area contributed by atoms with Crippen LogP contribution < -0.4 is 9.80 Å². The van der Waals surface area contributed by atoms with Gasteiger partial charge >= 0.3 is 0 Å².